The van der Waals surface area contributed by atoms with Crippen LogP contribution in [0.15, 0.2) is 0 Å². The topological polar surface area (TPSA) is 32.3 Å². The largest absolute Gasteiger partial charge is 0.396 e. The minimum atomic E-state index is 0.321. The average Bonchev–Trinajstić information content (AvgIpc) is 1.97. The zero-order chi connectivity index (χ0) is 8.69. The van der Waals surface area contributed by atoms with Gasteiger partial charge in [0.05, 0.1) is 0 Å². The Bertz CT molecular complexity index is 83.6. The van der Waals surface area contributed by atoms with E-state index < -0.39 is 0 Å². The van der Waals surface area contributed by atoms with Crippen LogP contribution in [0.3, 0.4) is 0 Å². The van der Waals surface area contributed by atoms with Crippen LogP contribution < -0.4 is 5.32 Å². The SMILES string of the molecule is CC(CO)CCCNC(C)C. The molecule has 1 atom stereocenters. The first-order valence-corrected chi connectivity index (χ1v) is 4.51. The fourth-order valence-corrected chi connectivity index (χ4v) is 0.933. The fourth-order valence-electron chi connectivity index (χ4n) is 0.933. The van der Waals surface area contributed by atoms with Gasteiger partial charge in [-0.1, -0.05) is 20.8 Å². The molecule has 68 valence electrons. The third-order valence-electron chi connectivity index (χ3n) is 1.74. The van der Waals surface area contributed by atoms with E-state index in [1.807, 2.05) is 0 Å². The molecule has 0 saturated carbocycles. The first-order chi connectivity index (χ1) is 5.16. The maximum absolute atomic E-state index is 8.72. The van der Waals surface area contributed by atoms with Gasteiger partial charge in [0.15, 0.2) is 0 Å². The summed E-state index contributed by atoms with van der Waals surface area (Å²) in [5, 5.41) is 12.1. The van der Waals surface area contributed by atoms with Crippen LogP contribution in [0.5, 0.6) is 0 Å². The number of aliphatic hydroxyl groups is 1. The van der Waals surface area contributed by atoms with Gasteiger partial charge in [-0.3, -0.25) is 0 Å². The highest BCUT2D eigenvalue weighted by Crippen LogP contribution is 2.02. The van der Waals surface area contributed by atoms with Crippen molar-refractivity contribution in [1.29, 1.82) is 0 Å². The van der Waals surface area contributed by atoms with Crippen LogP contribution >= 0.6 is 0 Å². The molecule has 0 aromatic carbocycles. The summed E-state index contributed by atoms with van der Waals surface area (Å²) in [4.78, 5) is 0. The van der Waals surface area contributed by atoms with E-state index in [2.05, 4.69) is 26.1 Å². The van der Waals surface area contributed by atoms with Crippen LogP contribution in [-0.4, -0.2) is 24.3 Å². The molecule has 11 heavy (non-hydrogen) atoms. The fraction of sp³-hybridized carbons (Fsp3) is 1.00. The first kappa shape index (κ1) is 10.9. The van der Waals surface area contributed by atoms with Crippen molar-refractivity contribution in [3.8, 4) is 0 Å². The molecular formula is C9H21NO. The van der Waals surface area contributed by atoms with Gasteiger partial charge in [0.2, 0.25) is 0 Å². The van der Waals surface area contributed by atoms with Gasteiger partial charge in [-0.05, 0) is 25.3 Å². The van der Waals surface area contributed by atoms with Crippen LogP contribution in [-0.2, 0) is 0 Å². The van der Waals surface area contributed by atoms with Crippen molar-refractivity contribution in [2.24, 2.45) is 5.92 Å². The molecule has 0 aliphatic rings. The van der Waals surface area contributed by atoms with Gasteiger partial charge in [-0.25, -0.2) is 0 Å². The second-order valence-corrected chi connectivity index (χ2v) is 3.54. The van der Waals surface area contributed by atoms with Crippen LogP contribution in [0.1, 0.15) is 33.6 Å². The van der Waals surface area contributed by atoms with E-state index >= 15 is 0 Å². The standard InChI is InChI=1S/C9H21NO/c1-8(2)10-6-4-5-9(3)7-11/h8-11H,4-7H2,1-3H3. The van der Waals surface area contributed by atoms with Gasteiger partial charge in [-0.15, -0.1) is 0 Å². The van der Waals surface area contributed by atoms with Crippen molar-refractivity contribution >= 4 is 0 Å². The summed E-state index contributed by atoms with van der Waals surface area (Å²) >= 11 is 0. The summed E-state index contributed by atoms with van der Waals surface area (Å²) in [5.41, 5.74) is 0. The summed E-state index contributed by atoms with van der Waals surface area (Å²) in [7, 11) is 0. The van der Waals surface area contributed by atoms with Crippen molar-refractivity contribution in [3.05, 3.63) is 0 Å². The molecule has 2 nitrogen and oxygen atoms in total. The molecule has 0 fully saturated rings. The summed E-state index contributed by atoms with van der Waals surface area (Å²) in [6.07, 6.45) is 2.29. The molecule has 0 aromatic heterocycles. The Balaban J connectivity index is 3.01. The summed E-state index contributed by atoms with van der Waals surface area (Å²) < 4.78 is 0. The van der Waals surface area contributed by atoms with Crippen molar-refractivity contribution in [2.75, 3.05) is 13.2 Å². The lowest BCUT2D eigenvalue weighted by Crippen LogP contribution is -2.24. The number of nitrogens with one attached hydrogen (secondary N) is 1. The van der Waals surface area contributed by atoms with Gasteiger partial charge < -0.3 is 10.4 Å². The van der Waals surface area contributed by atoms with E-state index in [9.17, 15) is 0 Å². The molecule has 0 heterocycles. The Morgan fingerprint density at radius 1 is 1.27 bits per heavy atom. The van der Waals surface area contributed by atoms with Gasteiger partial charge in [0, 0.05) is 12.6 Å². The molecule has 1 unspecified atom stereocenters. The molecule has 0 spiro atoms. The zero-order valence-corrected chi connectivity index (χ0v) is 7.93. The Labute approximate surface area is 70.0 Å². The molecule has 0 bridgehead atoms. The van der Waals surface area contributed by atoms with Crippen LogP contribution in [0.2, 0.25) is 0 Å². The average molecular weight is 159 g/mol. The van der Waals surface area contributed by atoms with E-state index in [4.69, 9.17) is 5.11 Å². The number of aliphatic hydroxyl groups excluding tert-OH is 1. The van der Waals surface area contributed by atoms with E-state index in [1.165, 1.54) is 6.42 Å². The highest BCUT2D eigenvalue weighted by atomic mass is 16.3. The monoisotopic (exact) mass is 159 g/mol. The third kappa shape index (κ3) is 7.82. The van der Waals surface area contributed by atoms with Gasteiger partial charge >= 0.3 is 0 Å². The predicted molar refractivity (Wildman–Crippen MR) is 48.6 cm³/mol. The molecule has 0 radical (unpaired) electrons. The lowest BCUT2D eigenvalue weighted by atomic mass is 10.1. The number of rotatable bonds is 6. The highest BCUT2D eigenvalue weighted by Gasteiger charge is 1.98. The molecule has 0 rings (SSSR count). The Morgan fingerprint density at radius 2 is 1.91 bits per heavy atom. The molecule has 0 saturated heterocycles. The molecule has 2 heteroatoms. The van der Waals surface area contributed by atoms with Gasteiger partial charge in [0.1, 0.15) is 0 Å². The van der Waals surface area contributed by atoms with Crippen LogP contribution in [0, 0.1) is 5.92 Å². The lowest BCUT2D eigenvalue weighted by molar-refractivity contribution is 0.227. The normalized spacial score (nSPS) is 13.9. The molecule has 0 aliphatic heterocycles. The highest BCUT2D eigenvalue weighted by molar-refractivity contribution is 4.55. The van der Waals surface area contributed by atoms with Crippen molar-refractivity contribution < 1.29 is 5.11 Å². The quantitative estimate of drug-likeness (QED) is 0.574. The predicted octanol–water partition coefficient (Wildman–Crippen LogP) is 1.39. The smallest absolute Gasteiger partial charge is 0.0456 e. The minimum absolute atomic E-state index is 0.321. The lowest BCUT2D eigenvalue weighted by Gasteiger charge is -2.09. The van der Waals surface area contributed by atoms with E-state index in [-0.39, 0.29) is 0 Å². The summed E-state index contributed by atoms with van der Waals surface area (Å²) in [6, 6.07) is 0.583. The molecule has 2 N–H and O–H groups in total. The Hall–Kier alpha value is -0.0800. The molecule has 0 aliphatic carbocycles. The third-order valence-corrected chi connectivity index (χ3v) is 1.74. The van der Waals surface area contributed by atoms with Gasteiger partial charge in [0.25, 0.3) is 0 Å². The molecule has 0 amide bonds. The second kappa shape index (κ2) is 6.62. The van der Waals surface area contributed by atoms with Crippen molar-refractivity contribution in [2.45, 2.75) is 39.7 Å². The Morgan fingerprint density at radius 3 is 2.36 bits per heavy atom. The molecular weight excluding hydrogens is 138 g/mol. The van der Waals surface area contributed by atoms with E-state index in [0.29, 0.717) is 18.6 Å². The number of hydrogen-bond acceptors (Lipinski definition) is 2. The van der Waals surface area contributed by atoms with Crippen molar-refractivity contribution in [3.63, 3.8) is 0 Å². The summed E-state index contributed by atoms with van der Waals surface area (Å²) in [6.45, 7) is 7.77. The van der Waals surface area contributed by atoms with Crippen LogP contribution in [0.25, 0.3) is 0 Å². The number of hydrogen-bond donors (Lipinski definition) is 2. The minimum Gasteiger partial charge on any atom is -0.396 e. The molecule has 0 aromatic rings. The first-order valence-electron chi connectivity index (χ1n) is 4.51. The zero-order valence-electron chi connectivity index (χ0n) is 7.93. The summed E-state index contributed by atoms with van der Waals surface area (Å²) in [5.74, 6) is 0.462. The maximum atomic E-state index is 8.72. The van der Waals surface area contributed by atoms with Gasteiger partial charge in [-0.2, -0.15) is 0 Å². The second-order valence-electron chi connectivity index (χ2n) is 3.54. The van der Waals surface area contributed by atoms with Crippen molar-refractivity contribution in [1.82, 2.24) is 5.32 Å². The Kier molecular flexibility index (Phi) is 6.57. The van der Waals surface area contributed by atoms with E-state index in [1.54, 1.807) is 0 Å². The maximum Gasteiger partial charge on any atom is 0.0456 e. The van der Waals surface area contributed by atoms with E-state index in [0.717, 1.165) is 13.0 Å². The van der Waals surface area contributed by atoms with Crippen LogP contribution in [0.4, 0.5) is 0 Å².